The van der Waals surface area contributed by atoms with Crippen LogP contribution in [0.15, 0.2) is 61.1 Å². The third-order valence-corrected chi connectivity index (χ3v) is 6.58. The van der Waals surface area contributed by atoms with Crippen LogP contribution in [0.4, 0.5) is 21.7 Å². The molecule has 0 bridgehead atoms. The molecule has 1 amide bonds. The molecule has 0 radical (unpaired) electrons. The van der Waals surface area contributed by atoms with E-state index in [0.29, 0.717) is 17.8 Å². The van der Waals surface area contributed by atoms with E-state index in [4.69, 9.17) is 10.5 Å². The number of sulfonamides is 1. The van der Waals surface area contributed by atoms with Crippen LogP contribution in [0.1, 0.15) is 22.8 Å². The van der Waals surface area contributed by atoms with E-state index in [2.05, 4.69) is 30.2 Å². The van der Waals surface area contributed by atoms with Crippen LogP contribution in [0.5, 0.6) is 5.75 Å². The molecule has 0 atom stereocenters. The summed E-state index contributed by atoms with van der Waals surface area (Å²) in [6, 6.07) is 10.7. The van der Waals surface area contributed by atoms with E-state index in [-0.39, 0.29) is 46.7 Å². The number of carbonyl (C=O) groups is 1. The molecule has 0 unspecified atom stereocenters. The van der Waals surface area contributed by atoms with Crippen molar-refractivity contribution in [1.29, 1.82) is 0 Å². The number of halogens is 1. The van der Waals surface area contributed by atoms with Crippen molar-refractivity contribution in [2.24, 2.45) is 5.73 Å². The molecule has 0 aliphatic carbocycles. The predicted molar refractivity (Wildman–Crippen MR) is 137 cm³/mol. The largest absolute Gasteiger partial charge is 0.491 e. The van der Waals surface area contributed by atoms with Crippen molar-refractivity contribution in [2.75, 3.05) is 22.4 Å². The Balaban J connectivity index is 1.66. The zero-order valence-corrected chi connectivity index (χ0v) is 20.5. The van der Waals surface area contributed by atoms with Gasteiger partial charge in [0.25, 0.3) is 5.91 Å². The predicted octanol–water partition coefficient (Wildman–Crippen LogP) is 3.23. The molecule has 2 heterocycles. The fraction of sp³-hybridized carbons (Fsp3) is 0.167. The average Bonchev–Trinajstić information content (AvgIpc) is 3.30. The topological polar surface area (TPSA) is 165 Å². The maximum Gasteiger partial charge on any atom is 0.254 e. The molecule has 0 saturated carbocycles. The van der Waals surface area contributed by atoms with Crippen LogP contribution >= 0.6 is 0 Å². The number of primary amides is 1. The second kappa shape index (κ2) is 11.0. The second-order valence-corrected chi connectivity index (χ2v) is 9.85. The molecule has 37 heavy (non-hydrogen) atoms. The van der Waals surface area contributed by atoms with Crippen molar-refractivity contribution in [3.63, 3.8) is 0 Å². The lowest BCUT2D eigenvalue weighted by Crippen LogP contribution is -2.16. The maximum absolute atomic E-state index is 13.2. The molecular weight excluding hydrogens is 501 g/mol. The molecule has 13 heteroatoms. The number of aromatic nitrogens is 4. The van der Waals surface area contributed by atoms with Crippen LogP contribution in [0.2, 0.25) is 0 Å². The molecule has 5 N–H and O–H groups in total. The first-order valence-electron chi connectivity index (χ1n) is 11.2. The minimum Gasteiger partial charge on any atom is -0.491 e. The number of carbonyl (C=O) groups excluding carboxylic acids is 1. The van der Waals surface area contributed by atoms with Gasteiger partial charge in [0.1, 0.15) is 34.5 Å². The van der Waals surface area contributed by atoms with Gasteiger partial charge >= 0.3 is 0 Å². The highest BCUT2D eigenvalue weighted by molar-refractivity contribution is 7.92. The van der Waals surface area contributed by atoms with Gasteiger partial charge in [-0.25, -0.2) is 17.8 Å². The zero-order chi connectivity index (χ0) is 26.4. The lowest BCUT2D eigenvalue weighted by atomic mass is 10.1. The summed E-state index contributed by atoms with van der Waals surface area (Å²) in [7, 11) is -3.60. The number of ether oxygens (including phenoxy) is 1. The van der Waals surface area contributed by atoms with Gasteiger partial charge in [-0.1, -0.05) is 18.2 Å². The number of rotatable bonds is 11. The number of hydrogen-bond acceptors (Lipinski definition) is 8. The van der Waals surface area contributed by atoms with E-state index < -0.39 is 15.9 Å². The van der Waals surface area contributed by atoms with Crippen molar-refractivity contribution in [3.8, 4) is 17.0 Å². The van der Waals surface area contributed by atoms with E-state index in [1.54, 1.807) is 24.3 Å². The first-order valence-corrected chi connectivity index (χ1v) is 12.8. The Morgan fingerprint density at radius 3 is 2.62 bits per heavy atom. The van der Waals surface area contributed by atoms with Crippen molar-refractivity contribution in [3.05, 3.63) is 78.0 Å². The van der Waals surface area contributed by atoms with Crippen LogP contribution in [-0.4, -0.2) is 46.9 Å². The Hall–Kier alpha value is -4.52. The summed E-state index contributed by atoms with van der Waals surface area (Å²) >= 11 is 0. The van der Waals surface area contributed by atoms with Crippen LogP contribution in [0.3, 0.4) is 0 Å². The molecule has 11 nitrogen and oxygen atoms in total. The van der Waals surface area contributed by atoms with Gasteiger partial charge in [0.2, 0.25) is 10.0 Å². The lowest BCUT2D eigenvalue weighted by Gasteiger charge is -2.15. The summed E-state index contributed by atoms with van der Waals surface area (Å²) in [5, 5.41) is 9.90. The number of nitrogens with zero attached hydrogens (tertiary/aromatic N) is 3. The van der Waals surface area contributed by atoms with Gasteiger partial charge in [-0.15, -0.1) is 0 Å². The minimum atomic E-state index is -3.60. The van der Waals surface area contributed by atoms with Crippen LogP contribution in [0.25, 0.3) is 11.3 Å². The molecule has 4 rings (SSSR count). The molecule has 0 fully saturated rings. The van der Waals surface area contributed by atoms with Gasteiger partial charge in [0, 0.05) is 24.4 Å². The van der Waals surface area contributed by atoms with Crippen molar-refractivity contribution < 1.29 is 22.3 Å². The first-order chi connectivity index (χ1) is 17.8. The van der Waals surface area contributed by atoms with Crippen molar-refractivity contribution in [2.45, 2.75) is 13.3 Å². The Morgan fingerprint density at radius 2 is 1.95 bits per heavy atom. The zero-order valence-electron chi connectivity index (χ0n) is 19.7. The number of nitrogens with two attached hydrogens (primary N) is 1. The Kier molecular flexibility index (Phi) is 7.63. The molecule has 0 saturated heterocycles. The summed E-state index contributed by atoms with van der Waals surface area (Å²) in [4.78, 5) is 20.4. The number of H-pyrrole nitrogens is 1. The number of nitrogens with one attached hydrogen (secondary N) is 3. The van der Waals surface area contributed by atoms with Crippen LogP contribution in [-0.2, 0) is 16.4 Å². The highest BCUT2D eigenvalue weighted by Gasteiger charge is 2.22. The molecule has 4 aromatic rings. The summed E-state index contributed by atoms with van der Waals surface area (Å²) in [5.74, 6) is -0.409. The number of hydrogen-bond donors (Lipinski definition) is 4. The lowest BCUT2D eigenvalue weighted by molar-refractivity contribution is 0.100. The van der Waals surface area contributed by atoms with Gasteiger partial charge in [-0.05, 0) is 36.8 Å². The Morgan fingerprint density at radius 1 is 1.16 bits per heavy atom. The smallest absolute Gasteiger partial charge is 0.254 e. The first kappa shape index (κ1) is 25.6. The third-order valence-electron chi connectivity index (χ3n) is 5.29. The molecular formula is C24H24FN7O4S. The van der Waals surface area contributed by atoms with Gasteiger partial charge in [-0.2, -0.15) is 5.10 Å². The highest BCUT2D eigenvalue weighted by atomic mass is 32.2. The molecule has 192 valence electrons. The van der Waals surface area contributed by atoms with E-state index in [1.165, 1.54) is 43.7 Å². The van der Waals surface area contributed by atoms with Gasteiger partial charge in [-0.3, -0.25) is 19.6 Å². The van der Waals surface area contributed by atoms with E-state index in [1.807, 2.05) is 0 Å². The average molecular weight is 526 g/mol. The van der Waals surface area contributed by atoms with Gasteiger partial charge in [0.15, 0.2) is 0 Å². The van der Waals surface area contributed by atoms with Crippen molar-refractivity contribution in [1.82, 2.24) is 20.2 Å². The monoisotopic (exact) mass is 525 g/mol. The molecule has 2 aromatic heterocycles. The molecule has 0 aliphatic heterocycles. The number of benzene rings is 2. The fourth-order valence-corrected chi connectivity index (χ4v) is 4.06. The van der Waals surface area contributed by atoms with Crippen LogP contribution < -0.4 is 20.5 Å². The summed E-state index contributed by atoms with van der Waals surface area (Å²) in [6.45, 7) is 1.69. The quantitative estimate of drug-likeness (QED) is 0.232. The van der Waals surface area contributed by atoms with Gasteiger partial charge < -0.3 is 15.8 Å². The highest BCUT2D eigenvalue weighted by Crippen LogP contribution is 2.34. The Labute approximate surface area is 212 Å². The Bertz CT molecular complexity index is 1490. The molecule has 2 aromatic carbocycles. The number of amides is 1. The van der Waals surface area contributed by atoms with E-state index in [9.17, 15) is 17.6 Å². The maximum atomic E-state index is 13.2. The standard InChI is InChI=1S/C24H24FN7O4S/c1-2-37(34,35)32-18-8-5-16(13-19(18)36-12-9-15-3-6-17(25)7-4-15)22-21(23(26)33)24(31-30-22)29-20-14-27-10-11-28-20/h3-8,10-11,13-14,32H,2,9,12H2,1H3,(H2,26,33)(H2,28,29,30,31). The summed E-state index contributed by atoms with van der Waals surface area (Å²) in [6.07, 6.45) is 4.90. The molecule has 0 spiro atoms. The number of aromatic amines is 1. The number of anilines is 3. The third kappa shape index (κ3) is 6.38. The summed E-state index contributed by atoms with van der Waals surface area (Å²) < 4.78 is 46.0. The SMILES string of the molecule is CCS(=O)(=O)Nc1ccc(-c2n[nH]c(Nc3cnccn3)c2C(N)=O)cc1OCCc1ccc(F)cc1. The van der Waals surface area contributed by atoms with E-state index in [0.717, 1.165) is 5.56 Å². The van der Waals surface area contributed by atoms with Crippen LogP contribution in [0, 0.1) is 5.82 Å². The van der Waals surface area contributed by atoms with E-state index >= 15 is 0 Å². The van der Waals surface area contributed by atoms with Gasteiger partial charge in [0.05, 0.1) is 24.2 Å². The minimum absolute atomic E-state index is 0.0739. The normalized spacial score (nSPS) is 11.2. The molecule has 0 aliphatic rings. The summed E-state index contributed by atoms with van der Waals surface area (Å²) in [5.41, 5.74) is 7.47. The van der Waals surface area contributed by atoms with Crippen molar-refractivity contribution >= 4 is 33.3 Å². The fourth-order valence-electron chi connectivity index (χ4n) is 3.42. The second-order valence-electron chi connectivity index (χ2n) is 7.84.